The van der Waals surface area contributed by atoms with Crippen molar-refractivity contribution in [2.75, 3.05) is 0 Å². The molecule has 0 spiro atoms. The SMILES string of the molecule is CCCCC1=C(c2cc(C)cc(CCCC)c2)[N+](=[N-])C(c2cc(C)cc(CCCC)c2)=C1.[CH2-]CCCCCCCCC.[CH2-]CCCCCCCCC.[Ni+2]. The van der Waals surface area contributed by atoms with Crippen LogP contribution in [0.25, 0.3) is 16.9 Å². The molecule has 0 unspecified atom stereocenters. The Bertz CT molecular complexity index is 1250. The molecule has 3 rings (SSSR count). The Hall–Kier alpha value is -1.99. The van der Waals surface area contributed by atoms with Gasteiger partial charge in [-0.1, -0.05) is 167 Å². The van der Waals surface area contributed by atoms with Crippen LogP contribution in [0.5, 0.6) is 0 Å². The monoisotopic (exact) mass is 769 g/mol. The van der Waals surface area contributed by atoms with Crippen molar-refractivity contribution in [1.82, 2.24) is 0 Å². The fourth-order valence-corrected chi connectivity index (χ4v) is 6.95. The summed E-state index contributed by atoms with van der Waals surface area (Å²) in [5, 5.41) is 0. The van der Waals surface area contributed by atoms with Gasteiger partial charge in [0.15, 0.2) is 0 Å². The Morgan fingerprint density at radius 2 is 0.849 bits per heavy atom. The minimum atomic E-state index is 0. The van der Waals surface area contributed by atoms with E-state index in [-0.39, 0.29) is 16.5 Å². The van der Waals surface area contributed by atoms with Crippen LogP contribution in [0, 0.1) is 27.7 Å². The van der Waals surface area contributed by atoms with Gasteiger partial charge in [-0.2, -0.15) is 12.8 Å². The van der Waals surface area contributed by atoms with E-state index >= 15 is 0 Å². The van der Waals surface area contributed by atoms with E-state index in [0.29, 0.717) is 0 Å². The molecular weight excluding hydrogens is 687 g/mol. The number of unbranched alkanes of at least 4 members (excludes halogenated alkanes) is 17. The summed E-state index contributed by atoms with van der Waals surface area (Å²) in [7, 11) is 0. The molecule has 0 N–H and O–H groups in total. The fourth-order valence-electron chi connectivity index (χ4n) is 6.95. The quantitative estimate of drug-likeness (QED) is 0.0416. The van der Waals surface area contributed by atoms with Crippen LogP contribution in [0.2, 0.25) is 0 Å². The van der Waals surface area contributed by atoms with Crippen molar-refractivity contribution in [3.05, 3.63) is 101 Å². The van der Waals surface area contributed by atoms with Crippen molar-refractivity contribution in [2.45, 2.75) is 209 Å². The Kier molecular flexibility index (Phi) is 32.1. The van der Waals surface area contributed by atoms with Gasteiger partial charge < -0.3 is 19.4 Å². The van der Waals surface area contributed by atoms with E-state index < -0.39 is 0 Å². The summed E-state index contributed by atoms with van der Waals surface area (Å²) < 4.78 is 1.46. The molecule has 0 atom stereocenters. The Balaban J connectivity index is 0.00000106. The van der Waals surface area contributed by atoms with Gasteiger partial charge in [0.25, 0.3) is 0 Å². The molecule has 0 saturated heterocycles. The molecule has 3 heteroatoms. The van der Waals surface area contributed by atoms with Gasteiger partial charge in [0.1, 0.15) is 0 Å². The van der Waals surface area contributed by atoms with Crippen molar-refractivity contribution in [2.24, 2.45) is 0 Å². The zero-order valence-electron chi connectivity index (χ0n) is 35.8. The van der Waals surface area contributed by atoms with Crippen LogP contribution in [-0.4, -0.2) is 4.70 Å². The van der Waals surface area contributed by atoms with Crippen LogP contribution in [0.1, 0.15) is 216 Å². The molecule has 0 aliphatic carbocycles. The maximum Gasteiger partial charge on any atom is 2.00 e. The topological polar surface area (TPSA) is 25.3 Å². The van der Waals surface area contributed by atoms with Gasteiger partial charge in [-0.25, -0.2) is 4.70 Å². The number of hydrogen-bond donors (Lipinski definition) is 0. The van der Waals surface area contributed by atoms with Crippen LogP contribution in [0.3, 0.4) is 0 Å². The van der Waals surface area contributed by atoms with Gasteiger partial charge in [0.2, 0.25) is 11.4 Å². The molecule has 0 fully saturated rings. The Morgan fingerprint density at radius 3 is 1.28 bits per heavy atom. The predicted molar refractivity (Wildman–Crippen MR) is 234 cm³/mol. The molecule has 0 radical (unpaired) electrons. The van der Waals surface area contributed by atoms with E-state index in [1.807, 2.05) is 0 Å². The molecule has 53 heavy (non-hydrogen) atoms. The maximum atomic E-state index is 11.4. The van der Waals surface area contributed by atoms with Crippen molar-refractivity contribution >= 4 is 11.4 Å². The summed E-state index contributed by atoms with van der Waals surface area (Å²) in [6.07, 6.45) is 34.3. The smallest absolute Gasteiger partial charge is 0.493 e. The molecule has 2 aromatic rings. The minimum absolute atomic E-state index is 0. The second kappa shape index (κ2) is 33.4. The van der Waals surface area contributed by atoms with E-state index in [9.17, 15) is 5.53 Å². The molecule has 2 aromatic carbocycles. The van der Waals surface area contributed by atoms with Crippen molar-refractivity contribution in [1.29, 1.82) is 0 Å². The standard InChI is InChI=1S/C30H40N2.2C10H21.Ni/c1-6-9-12-24-15-22(4)17-27(19-24)29-21-26(14-11-8-3)30(32(29)31)28-18-23(5)16-25(20-28)13-10-7-2;2*1-3-5-7-9-10-8-6-4-2;/h15-21H,6-14H2,1-5H3;2*1,3-10H2,2H3;/q;2*-1;+2. The second-order valence-corrected chi connectivity index (χ2v) is 15.4. The van der Waals surface area contributed by atoms with Crippen molar-refractivity contribution in [3.8, 4) is 0 Å². The second-order valence-electron chi connectivity index (χ2n) is 15.4. The number of aryl methyl sites for hydroxylation is 4. The molecule has 0 aromatic heterocycles. The Morgan fingerprint density at radius 1 is 0.472 bits per heavy atom. The first-order chi connectivity index (χ1) is 25.3. The zero-order chi connectivity index (χ0) is 38.4. The number of rotatable bonds is 25. The van der Waals surface area contributed by atoms with Crippen LogP contribution < -0.4 is 0 Å². The third kappa shape index (κ3) is 22.2. The number of hydrogen-bond acceptors (Lipinski definition) is 0. The van der Waals surface area contributed by atoms with Gasteiger partial charge in [-0.3, -0.25) is 0 Å². The minimum Gasteiger partial charge on any atom is -0.493 e. The molecule has 1 aliphatic rings. The summed E-state index contributed by atoms with van der Waals surface area (Å²) in [6.45, 7) is 23.2. The van der Waals surface area contributed by atoms with Gasteiger partial charge >= 0.3 is 16.5 Å². The summed E-state index contributed by atoms with van der Waals surface area (Å²) in [5.41, 5.74) is 22.0. The summed E-state index contributed by atoms with van der Waals surface area (Å²) in [6, 6.07) is 13.5. The first-order valence-corrected chi connectivity index (χ1v) is 22.0. The molecule has 2 nitrogen and oxygen atoms in total. The fraction of sp³-hybridized carbons (Fsp3) is 0.640. The van der Waals surface area contributed by atoms with Crippen LogP contribution >= 0.6 is 0 Å². The maximum absolute atomic E-state index is 11.4. The molecule has 0 amide bonds. The van der Waals surface area contributed by atoms with Gasteiger partial charge in [0, 0.05) is 22.8 Å². The Labute approximate surface area is 340 Å². The third-order valence-electron chi connectivity index (χ3n) is 10.0. The first kappa shape index (κ1) is 51.0. The van der Waals surface area contributed by atoms with Gasteiger partial charge in [-0.05, 0) is 87.8 Å². The van der Waals surface area contributed by atoms with E-state index in [0.717, 1.165) is 67.5 Å². The number of benzene rings is 2. The predicted octanol–water partition coefficient (Wildman–Crippen LogP) is 16.9. The normalized spacial score (nSPS) is 12.2. The van der Waals surface area contributed by atoms with Crippen LogP contribution in [0.15, 0.2) is 48.0 Å². The van der Waals surface area contributed by atoms with E-state index in [2.05, 4.69) is 105 Å². The average molecular weight is 770 g/mol. The van der Waals surface area contributed by atoms with Gasteiger partial charge in [0.05, 0.1) is 0 Å². The molecule has 0 saturated carbocycles. The summed E-state index contributed by atoms with van der Waals surface area (Å²) in [5.74, 6) is 0. The van der Waals surface area contributed by atoms with Crippen molar-refractivity contribution in [3.63, 3.8) is 0 Å². The largest absolute Gasteiger partial charge is 2.00 e. The zero-order valence-corrected chi connectivity index (χ0v) is 36.8. The van der Waals surface area contributed by atoms with E-state index in [4.69, 9.17) is 0 Å². The van der Waals surface area contributed by atoms with Crippen molar-refractivity contribution < 1.29 is 21.2 Å². The first-order valence-electron chi connectivity index (χ1n) is 22.0. The van der Waals surface area contributed by atoms with E-state index in [1.165, 1.54) is 148 Å². The summed E-state index contributed by atoms with van der Waals surface area (Å²) in [4.78, 5) is 0. The average Bonchev–Trinajstić information content (AvgIpc) is 3.47. The molecule has 0 bridgehead atoms. The molecule has 302 valence electrons. The van der Waals surface area contributed by atoms with E-state index in [1.54, 1.807) is 0 Å². The number of nitrogens with zero attached hydrogens (tertiary/aromatic N) is 2. The molecule has 1 heterocycles. The van der Waals surface area contributed by atoms with Crippen LogP contribution in [-0.2, 0) is 29.3 Å². The number of allylic oxidation sites excluding steroid dienone is 2. The third-order valence-corrected chi connectivity index (χ3v) is 10.0. The summed E-state index contributed by atoms with van der Waals surface area (Å²) >= 11 is 0. The molecule has 1 aliphatic heterocycles. The van der Waals surface area contributed by atoms with Gasteiger partial charge in [-0.15, -0.1) is 0 Å². The molecular formula is C50H82N2Ni. The van der Waals surface area contributed by atoms with Crippen LogP contribution in [0.4, 0.5) is 0 Å².